The smallest absolute Gasteiger partial charge is 0.456 e. The highest BCUT2D eigenvalue weighted by Gasteiger charge is 2.74. The predicted molar refractivity (Wildman–Crippen MR) is 94.1 cm³/mol. The first-order valence-corrected chi connectivity index (χ1v) is 10.3. The molecule has 0 saturated heterocycles. The molecule has 0 N–H and O–H groups in total. The van der Waals surface area contributed by atoms with Crippen LogP contribution in [0.3, 0.4) is 0 Å². The molecule has 36 heavy (non-hydrogen) atoms. The summed E-state index contributed by atoms with van der Waals surface area (Å²) >= 11 is 0. The minimum Gasteiger partial charge on any atom is -0.456 e. The second-order valence-electron chi connectivity index (χ2n) is 9.34. The highest BCUT2D eigenvalue weighted by molar-refractivity contribution is 5.87. The van der Waals surface area contributed by atoms with Crippen LogP contribution >= 0.6 is 0 Å². The number of esters is 3. The normalized spacial score (nSPS) is 29.5. The molecule has 4 aliphatic rings. The van der Waals surface area contributed by atoms with Gasteiger partial charge in [0.1, 0.15) is 5.60 Å². The van der Waals surface area contributed by atoms with E-state index in [0.29, 0.717) is 0 Å². The lowest BCUT2D eigenvalue weighted by Crippen LogP contribution is -2.69. The van der Waals surface area contributed by atoms with E-state index in [-0.39, 0.29) is 24.8 Å². The summed E-state index contributed by atoms with van der Waals surface area (Å²) in [6, 6.07) is 0. The summed E-state index contributed by atoms with van der Waals surface area (Å²) < 4.78 is 145. The Morgan fingerprint density at radius 3 is 1.44 bits per heavy atom. The van der Waals surface area contributed by atoms with Crippen molar-refractivity contribution in [2.24, 2.45) is 17.8 Å². The molecule has 16 heteroatoms. The van der Waals surface area contributed by atoms with Crippen LogP contribution in [-0.4, -0.2) is 53.5 Å². The Morgan fingerprint density at radius 1 is 0.722 bits per heavy atom. The molecule has 0 aromatic rings. The maximum absolute atomic E-state index is 13.7. The van der Waals surface area contributed by atoms with Crippen molar-refractivity contribution in [3.63, 3.8) is 0 Å². The van der Waals surface area contributed by atoms with Gasteiger partial charge >= 0.3 is 42.1 Å². The van der Waals surface area contributed by atoms with Crippen molar-refractivity contribution in [2.45, 2.75) is 74.6 Å². The number of carbonyl (C=O) groups is 3. The number of ether oxygens (including phenoxy) is 3. The van der Waals surface area contributed by atoms with E-state index >= 15 is 0 Å². The fourth-order valence-electron chi connectivity index (χ4n) is 5.27. The van der Waals surface area contributed by atoms with Gasteiger partial charge in [0.15, 0.2) is 0 Å². The second kappa shape index (κ2) is 8.23. The van der Waals surface area contributed by atoms with Crippen LogP contribution in [0.1, 0.15) is 39.0 Å². The average molecular weight is 544 g/mol. The Balaban J connectivity index is 2.04. The van der Waals surface area contributed by atoms with Crippen molar-refractivity contribution >= 4 is 17.9 Å². The molecular weight excluding hydrogens is 526 g/mol. The van der Waals surface area contributed by atoms with Gasteiger partial charge in [0.25, 0.3) is 5.79 Å². The maximum Gasteiger partial charge on any atom is 0.465 e. The highest BCUT2D eigenvalue weighted by Crippen LogP contribution is 2.63. The summed E-state index contributed by atoms with van der Waals surface area (Å²) in [7, 11) is 0. The third-order valence-corrected chi connectivity index (χ3v) is 6.66. The van der Waals surface area contributed by atoms with Gasteiger partial charge < -0.3 is 14.2 Å². The molecule has 4 aliphatic carbocycles. The third-order valence-electron chi connectivity index (χ3n) is 6.66. The van der Waals surface area contributed by atoms with E-state index in [1.807, 2.05) is 0 Å². The summed E-state index contributed by atoms with van der Waals surface area (Å²) in [5.41, 5.74) is -1.53. The number of alkyl halides is 10. The fourth-order valence-corrected chi connectivity index (χ4v) is 5.27. The molecule has 4 fully saturated rings. The molecule has 4 rings (SSSR count). The first-order chi connectivity index (χ1) is 16.1. The summed E-state index contributed by atoms with van der Waals surface area (Å²) in [5.74, 6) is -27.1. The van der Waals surface area contributed by atoms with Crippen LogP contribution in [0.5, 0.6) is 0 Å². The van der Waals surface area contributed by atoms with Crippen LogP contribution in [-0.2, 0) is 28.6 Å². The predicted octanol–water partition coefficient (Wildman–Crippen LogP) is 4.86. The summed E-state index contributed by atoms with van der Waals surface area (Å²) in [5, 5.41) is 0. The van der Waals surface area contributed by atoms with Gasteiger partial charge in [-0.15, -0.1) is 0 Å². The molecule has 2 unspecified atom stereocenters. The van der Waals surface area contributed by atoms with Gasteiger partial charge in [0.2, 0.25) is 0 Å². The first-order valence-electron chi connectivity index (χ1n) is 10.3. The van der Waals surface area contributed by atoms with Crippen LogP contribution in [0, 0.1) is 17.8 Å². The first kappa shape index (κ1) is 28.0. The van der Waals surface area contributed by atoms with Crippen molar-refractivity contribution in [3.05, 3.63) is 12.2 Å². The van der Waals surface area contributed by atoms with Crippen LogP contribution in [0.2, 0.25) is 0 Å². The topological polar surface area (TPSA) is 78.9 Å². The molecule has 0 radical (unpaired) electrons. The monoisotopic (exact) mass is 544 g/mol. The Bertz CT molecular complexity index is 911. The Kier molecular flexibility index (Phi) is 6.41. The van der Waals surface area contributed by atoms with Crippen molar-refractivity contribution < 1.29 is 72.5 Å². The van der Waals surface area contributed by atoms with Crippen molar-refractivity contribution in [1.29, 1.82) is 0 Å². The van der Waals surface area contributed by atoms with Crippen molar-refractivity contribution in [1.82, 2.24) is 0 Å². The zero-order valence-electron chi connectivity index (χ0n) is 18.2. The Labute approximate surface area is 195 Å². The molecule has 0 aromatic heterocycles. The summed E-state index contributed by atoms with van der Waals surface area (Å²) in [4.78, 5) is 35.9. The van der Waals surface area contributed by atoms with Gasteiger partial charge in [-0.1, -0.05) is 6.58 Å². The molecule has 2 atom stereocenters. The lowest BCUT2D eigenvalue weighted by molar-refractivity contribution is -0.357. The minimum atomic E-state index is -6.52. The van der Waals surface area contributed by atoms with E-state index in [1.165, 1.54) is 6.92 Å². The average Bonchev–Trinajstić information content (AvgIpc) is 2.68. The quantitative estimate of drug-likeness (QED) is 0.206. The molecule has 0 aliphatic heterocycles. The van der Waals surface area contributed by atoms with Gasteiger partial charge in [-0.25, -0.2) is 14.4 Å². The second-order valence-corrected chi connectivity index (χ2v) is 9.34. The molecular formula is C20H18F10O6. The van der Waals surface area contributed by atoms with Crippen molar-refractivity contribution in [3.8, 4) is 0 Å². The number of hydrogen-bond acceptors (Lipinski definition) is 6. The lowest BCUT2D eigenvalue weighted by Gasteiger charge is -2.62. The standard InChI is InChI=1S/C20H18F10O6/c1-8(2)12(31)34-15-5-9-3-10(6-15)16(11(4-9)7-15,35-13(32)17(21,22)19(25,26)27)36-14(33)18(23,24)20(28,29)30/h9-11H,1,3-7H2,2H3. The van der Waals surface area contributed by atoms with Gasteiger partial charge in [-0.3, -0.25) is 0 Å². The van der Waals surface area contributed by atoms with Crippen LogP contribution < -0.4 is 0 Å². The van der Waals surface area contributed by atoms with E-state index in [1.54, 1.807) is 0 Å². The molecule has 204 valence electrons. The SMILES string of the molecule is C=C(C)C(=O)OC12CC3CC(C1)C(OC(=O)C(F)(F)C(F)(F)F)(OC(=O)C(F)(F)C(F)(F)F)C(C3)C2. The largest absolute Gasteiger partial charge is 0.465 e. The van der Waals surface area contributed by atoms with Crippen LogP contribution in [0.25, 0.3) is 0 Å². The fraction of sp³-hybridized carbons (Fsp3) is 0.750. The number of hydrogen-bond donors (Lipinski definition) is 0. The van der Waals surface area contributed by atoms with Gasteiger partial charge in [-0.05, 0) is 44.9 Å². The van der Waals surface area contributed by atoms with E-state index in [4.69, 9.17) is 4.74 Å². The Hall–Kier alpha value is -2.55. The lowest BCUT2D eigenvalue weighted by atomic mass is 9.51. The van der Waals surface area contributed by atoms with E-state index in [9.17, 15) is 58.3 Å². The summed E-state index contributed by atoms with van der Waals surface area (Å²) in [6.45, 7) is 4.64. The van der Waals surface area contributed by atoms with Gasteiger partial charge in [-0.2, -0.15) is 43.9 Å². The zero-order chi connectivity index (χ0) is 27.7. The molecule has 0 heterocycles. The van der Waals surface area contributed by atoms with Gasteiger partial charge in [0, 0.05) is 17.4 Å². The summed E-state index contributed by atoms with van der Waals surface area (Å²) in [6.07, 6.45) is -14.6. The van der Waals surface area contributed by atoms with E-state index < -0.39 is 84.1 Å². The van der Waals surface area contributed by atoms with E-state index in [2.05, 4.69) is 16.1 Å². The maximum atomic E-state index is 13.7. The highest BCUT2D eigenvalue weighted by atomic mass is 19.4. The molecule has 4 bridgehead atoms. The van der Waals surface area contributed by atoms with Gasteiger partial charge in [0.05, 0.1) is 0 Å². The minimum absolute atomic E-state index is 0.0792. The molecule has 0 amide bonds. The molecule has 0 aromatic carbocycles. The molecule has 4 saturated carbocycles. The zero-order valence-corrected chi connectivity index (χ0v) is 18.2. The number of carbonyl (C=O) groups excluding carboxylic acids is 3. The Morgan fingerprint density at radius 2 is 1.11 bits per heavy atom. The van der Waals surface area contributed by atoms with E-state index in [0.717, 1.165) is 0 Å². The molecule has 0 spiro atoms. The number of halogens is 10. The van der Waals surface area contributed by atoms with Crippen LogP contribution in [0.4, 0.5) is 43.9 Å². The molecule has 6 nitrogen and oxygen atoms in total. The third kappa shape index (κ3) is 4.40. The number of rotatable bonds is 6. The van der Waals surface area contributed by atoms with Crippen molar-refractivity contribution in [2.75, 3.05) is 0 Å². The van der Waals surface area contributed by atoms with Crippen LogP contribution in [0.15, 0.2) is 12.2 Å².